The number of rotatable bonds is 3. The second-order valence-electron chi connectivity index (χ2n) is 6.36. The van der Waals surface area contributed by atoms with E-state index >= 15 is 0 Å². The van der Waals surface area contributed by atoms with Crippen molar-refractivity contribution in [2.24, 2.45) is 5.73 Å². The van der Waals surface area contributed by atoms with Crippen molar-refractivity contribution in [1.82, 2.24) is 0 Å². The van der Waals surface area contributed by atoms with Crippen LogP contribution in [-0.4, -0.2) is 0 Å². The van der Waals surface area contributed by atoms with E-state index in [1.54, 1.807) is 0 Å². The van der Waals surface area contributed by atoms with Crippen LogP contribution in [0.2, 0.25) is 0 Å². The van der Waals surface area contributed by atoms with Crippen LogP contribution in [0.1, 0.15) is 44.9 Å². The molecule has 0 aliphatic heterocycles. The van der Waals surface area contributed by atoms with E-state index in [1.807, 2.05) is 37.3 Å². The maximum atomic E-state index is 5.99. The van der Waals surface area contributed by atoms with E-state index in [0.717, 1.165) is 21.5 Å². The van der Waals surface area contributed by atoms with Gasteiger partial charge in [-0.2, -0.15) is 0 Å². The summed E-state index contributed by atoms with van der Waals surface area (Å²) in [5, 5.41) is 0. The molecule has 112 valence electrons. The Bertz CT molecular complexity index is 629. The highest BCUT2D eigenvalue weighted by atomic mass is 79.9. The number of nitrogens with two attached hydrogens (primary N) is 1. The van der Waals surface area contributed by atoms with Gasteiger partial charge in [-0.3, -0.25) is 0 Å². The molecule has 1 unspecified atom stereocenters. The van der Waals surface area contributed by atoms with Crippen molar-refractivity contribution in [2.45, 2.75) is 39.2 Å². The fraction of sp³-hybridized carbons (Fsp3) is 0.333. The van der Waals surface area contributed by atoms with Gasteiger partial charge in [0.15, 0.2) is 0 Å². The molecule has 0 aliphatic rings. The Morgan fingerprint density at radius 2 is 1.81 bits per heavy atom. The molecular formula is C18H22BrNO. The van der Waals surface area contributed by atoms with Crippen molar-refractivity contribution in [3.8, 4) is 11.5 Å². The number of benzene rings is 2. The van der Waals surface area contributed by atoms with Crippen LogP contribution in [0.15, 0.2) is 46.9 Å². The molecule has 2 nitrogen and oxygen atoms in total. The van der Waals surface area contributed by atoms with Gasteiger partial charge in [0.05, 0.1) is 4.47 Å². The fourth-order valence-corrected chi connectivity index (χ4v) is 2.51. The van der Waals surface area contributed by atoms with Gasteiger partial charge >= 0.3 is 0 Å². The van der Waals surface area contributed by atoms with Crippen molar-refractivity contribution < 1.29 is 4.74 Å². The average molecular weight is 348 g/mol. The first-order valence-corrected chi connectivity index (χ1v) is 7.90. The third-order valence-electron chi connectivity index (χ3n) is 3.41. The van der Waals surface area contributed by atoms with Gasteiger partial charge in [-0.1, -0.05) is 39.0 Å². The Labute approximate surface area is 135 Å². The summed E-state index contributed by atoms with van der Waals surface area (Å²) < 4.78 is 6.91. The summed E-state index contributed by atoms with van der Waals surface area (Å²) in [7, 11) is 0. The van der Waals surface area contributed by atoms with Gasteiger partial charge in [0.2, 0.25) is 0 Å². The third kappa shape index (κ3) is 4.08. The van der Waals surface area contributed by atoms with Crippen LogP contribution in [-0.2, 0) is 5.41 Å². The molecule has 1 atom stereocenters. The van der Waals surface area contributed by atoms with E-state index in [1.165, 1.54) is 5.56 Å². The molecule has 2 rings (SSSR count). The zero-order valence-electron chi connectivity index (χ0n) is 13.0. The Morgan fingerprint density at radius 3 is 2.38 bits per heavy atom. The highest BCUT2D eigenvalue weighted by Crippen LogP contribution is 2.33. The lowest BCUT2D eigenvalue weighted by Crippen LogP contribution is -2.10. The van der Waals surface area contributed by atoms with Crippen LogP contribution in [0, 0.1) is 0 Å². The summed E-state index contributed by atoms with van der Waals surface area (Å²) >= 11 is 3.55. The Kier molecular flexibility index (Phi) is 4.74. The normalized spacial score (nSPS) is 13.0. The van der Waals surface area contributed by atoms with Crippen molar-refractivity contribution in [3.63, 3.8) is 0 Å². The summed E-state index contributed by atoms with van der Waals surface area (Å²) in [6, 6.07) is 14.2. The lowest BCUT2D eigenvalue weighted by molar-refractivity contribution is 0.475. The molecule has 0 aliphatic carbocycles. The zero-order valence-corrected chi connectivity index (χ0v) is 14.6. The summed E-state index contributed by atoms with van der Waals surface area (Å²) in [6.45, 7) is 8.55. The lowest BCUT2D eigenvalue weighted by Gasteiger charge is -2.20. The Hall–Kier alpha value is -1.32. The van der Waals surface area contributed by atoms with Crippen LogP contribution < -0.4 is 10.5 Å². The molecular weight excluding hydrogens is 326 g/mol. The van der Waals surface area contributed by atoms with E-state index < -0.39 is 0 Å². The van der Waals surface area contributed by atoms with Crippen LogP contribution in [0.5, 0.6) is 11.5 Å². The van der Waals surface area contributed by atoms with E-state index in [-0.39, 0.29) is 11.5 Å². The van der Waals surface area contributed by atoms with Gasteiger partial charge in [-0.25, -0.2) is 0 Å². The molecule has 0 saturated carbocycles. The van der Waals surface area contributed by atoms with E-state index in [9.17, 15) is 0 Å². The number of halogens is 1. The predicted molar refractivity (Wildman–Crippen MR) is 92.0 cm³/mol. The maximum absolute atomic E-state index is 5.99. The van der Waals surface area contributed by atoms with Gasteiger partial charge in [-0.05, 0) is 63.7 Å². The van der Waals surface area contributed by atoms with Gasteiger partial charge in [0, 0.05) is 6.04 Å². The SMILES string of the molecule is CC(N)c1ccc(Oc2cccc(C(C)(C)C)c2)c(Br)c1. The van der Waals surface area contributed by atoms with Crippen LogP contribution in [0.4, 0.5) is 0 Å². The molecule has 0 radical (unpaired) electrons. The van der Waals surface area contributed by atoms with Gasteiger partial charge in [0.1, 0.15) is 11.5 Å². The highest BCUT2D eigenvalue weighted by molar-refractivity contribution is 9.10. The van der Waals surface area contributed by atoms with Crippen LogP contribution in [0.3, 0.4) is 0 Å². The Balaban J connectivity index is 2.26. The van der Waals surface area contributed by atoms with Crippen molar-refractivity contribution in [1.29, 1.82) is 0 Å². The van der Waals surface area contributed by atoms with Crippen molar-refractivity contribution >= 4 is 15.9 Å². The van der Waals surface area contributed by atoms with E-state index in [4.69, 9.17) is 10.5 Å². The quantitative estimate of drug-likeness (QED) is 0.788. The van der Waals surface area contributed by atoms with Gasteiger partial charge in [0.25, 0.3) is 0 Å². The zero-order chi connectivity index (χ0) is 15.6. The number of hydrogen-bond donors (Lipinski definition) is 1. The maximum Gasteiger partial charge on any atom is 0.141 e. The van der Waals surface area contributed by atoms with Gasteiger partial charge in [-0.15, -0.1) is 0 Å². The smallest absolute Gasteiger partial charge is 0.141 e. The second kappa shape index (κ2) is 6.20. The van der Waals surface area contributed by atoms with Crippen molar-refractivity contribution in [2.75, 3.05) is 0 Å². The van der Waals surface area contributed by atoms with Gasteiger partial charge < -0.3 is 10.5 Å². The largest absolute Gasteiger partial charge is 0.456 e. The summed E-state index contributed by atoms with van der Waals surface area (Å²) in [5.41, 5.74) is 8.33. The minimum absolute atomic E-state index is 0.0135. The first-order valence-electron chi connectivity index (χ1n) is 7.11. The Morgan fingerprint density at radius 1 is 1.10 bits per heavy atom. The molecule has 0 spiro atoms. The predicted octanol–water partition coefficient (Wildman–Crippen LogP) is 5.56. The molecule has 0 bridgehead atoms. The average Bonchev–Trinajstić information content (AvgIpc) is 2.40. The van der Waals surface area contributed by atoms with E-state index in [0.29, 0.717) is 0 Å². The molecule has 2 aromatic carbocycles. The standard InChI is InChI=1S/C18H22BrNO/c1-12(20)13-8-9-17(16(19)10-13)21-15-7-5-6-14(11-15)18(2,3)4/h5-12H,20H2,1-4H3. The summed E-state index contributed by atoms with van der Waals surface area (Å²) in [4.78, 5) is 0. The molecule has 0 heterocycles. The minimum atomic E-state index is 0.0135. The minimum Gasteiger partial charge on any atom is -0.456 e. The van der Waals surface area contributed by atoms with Crippen LogP contribution in [0.25, 0.3) is 0 Å². The number of ether oxygens (including phenoxy) is 1. The number of hydrogen-bond acceptors (Lipinski definition) is 2. The monoisotopic (exact) mass is 347 g/mol. The lowest BCUT2D eigenvalue weighted by atomic mass is 9.87. The molecule has 21 heavy (non-hydrogen) atoms. The molecule has 2 aromatic rings. The molecule has 0 amide bonds. The summed E-state index contributed by atoms with van der Waals surface area (Å²) in [6.07, 6.45) is 0. The molecule has 3 heteroatoms. The molecule has 2 N–H and O–H groups in total. The summed E-state index contributed by atoms with van der Waals surface area (Å²) in [5.74, 6) is 1.64. The topological polar surface area (TPSA) is 35.2 Å². The molecule has 0 fully saturated rings. The van der Waals surface area contributed by atoms with E-state index in [2.05, 4.69) is 48.8 Å². The van der Waals surface area contributed by atoms with Crippen molar-refractivity contribution in [3.05, 3.63) is 58.1 Å². The molecule has 0 saturated heterocycles. The first kappa shape index (κ1) is 16.1. The first-order chi connectivity index (χ1) is 9.77. The second-order valence-corrected chi connectivity index (χ2v) is 7.21. The van der Waals surface area contributed by atoms with Crippen LogP contribution >= 0.6 is 15.9 Å². The highest BCUT2D eigenvalue weighted by Gasteiger charge is 2.14. The molecule has 0 aromatic heterocycles. The fourth-order valence-electron chi connectivity index (χ4n) is 2.04. The third-order valence-corrected chi connectivity index (χ3v) is 4.03.